The third kappa shape index (κ3) is 15.7. The fourth-order valence-corrected chi connectivity index (χ4v) is 4.45. The Kier molecular flexibility index (Phi) is 23.0. The average molecular weight is 693 g/mol. The van der Waals surface area contributed by atoms with Gasteiger partial charge in [-0.2, -0.15) is 0 Å². The van der Waals surface area contributed by atoms with Crippen molar-refractivity contribution in [1.82, 2.24) is 0 Å². The van der Waals surface area contributed by atoms with Crippen molar-refractivity contribution in [3.8, 4) is 11.1 Å². The molecule has 0 N–H and O–H groups in total. The summed E-state index contributed by atoms with van der Waals surface area (Å²) in [5.41, 5.74) is 2.63. The van der Waals surface area contributed by atoms with Gasteiger partial charge in [0.15, 0.2) is 24.8 Å². The molecule has 2 aromatic heterocycles. The summed E-state index contributed by atoms with van der Waals surface area (Å²) in [7, 11) is 0. The number of halogens is 2. The summed E-state index contributed by atoms with van der Waals surface area (Å²) in [4.78, 5) is 0. The Balaban J connectivity index is 0.00000544. The predicted molar refractivity (Wildman–Crippen MR) is 137 cm³/mol. The van der Waals surface area contributed by atoms with Crippen LogP contribution in [0, 0.1) is 0 Å². The second kappa shape index (κ2) is 23.2. The van der Waals surface area contributed by atoms with Crippen molar-refractivity contribution in [3.63, 3.8) is 0 Å². The van der Waals surface area contributed by atoms with Crippen LogP contribution in [0.2, 0.25) is 0 Å². The normalized spacial score (nSPS) is 10.5. The zero-order valence-corrected chi connectivity index (χ0v) is 26.3. The Labute approximate surface area is 245 Å². The van der Waals surface area contributed by atoms with Gasteiger partial charge in [0.05, 0.1) is 0 Å². The van der Waals surface area contributed by atoms with Crippen LogP contribution in [-0.2, 0) is 13.1 Å². The molecule has 0 radical (unpaired) electrons. The maximum Gasteiger partial charge on any atom is 0.169 e. The molecule has 2 heterocycles. The molecular weight excluding hydrogens is 642 g/mol. The van der Waals surface area contributed by atoms with Crippen molar-refractivity contribution in [2.75, 3.05) is 0 Å². The molecule has 4 heteroatoms. The third-order valence-corrected chi connectivity index (χ3v) is 6.66. The van der Waals surface area contributed by atoms with Gasteiger partial charge in [-0.05, 0) is 24.0 Å². The molecule has 2 rings (SSSR count). The second-order valence-electron chi connectivity index (χ2n) is 9.60. The lowest BCUT2D eigenvalue weighted by Gasteiger charge is -2.03. The fraction of sp³-hybridized carbons (Fsp3) is 0.667. The number of nitrogens with zero attached hydrogens (tertiary/aromatic N) is 2. The van der Waals surface area contributed by atoms with Crippen LogP contribution in [0.25, 0.3) is 11.1 Å². The number of unbranched alkanes of at least 4 members (excludes halogenated alkanes) is 14. The van der Waals surface area contributed by atoms with Crippen molar-refractivity contribution < 1.29 is 57.1 Å². The van der Waals surface area contributed by atoms with E-state index in [-0.39, 0.29) is 48.0 Å². The van der Waals surface area contributed by atoms with Gasteiger partial charge < -0.3 is 48.0 Å². The van der Waals surface area contributed by atoms with Crippen LogP contribution in [0.3, 0.4) is 0 Å². The summed E-state index contributed by atoms with van der Waals surface area (Å²) in [6, 6.07) is 9.07. The van der Waals surface area contributed by atoms with Crippen LogP contribution in [0.1, 0.15) is 117 Å². The highest BCUT2D eigenvalue weighted by molar-refractivity contribution is 5.60. The average Bonchev–Trinajstić information content (AvgIpc) is 2.83. The summed E-state index contributed by atoms with van der Waals surface area (Å²) in [5.74, 6) is 0. The van der Waals surface area contributed by atoms with Gasteiger partial charge in [-0.15, -0.1) is 0 Å². The minimum atomic E-state index is 0. The Morgan fingerprint density at radius 3 is 0.971 bits per heavy atom. The smallest absolute Gasteiger partial charge is 0.169 e. The second-order valence-corrected chi connectivity index (χ2v) is 9.60. The van der Waals surface area contributed by atoms with Gasteiger partial charge in [-0.1, -0.05) is 90.9 Å². The molecule has 2 nitrogen and oxygen atoms in total. The van der Waals surface area contributed by atoms with E-state index in [9.17, 15) is 0 Å². The lowest BCUT2D eigenvalue weighted by molar-refractivity contribution is -0.697. The molecule has 0 aliphatic carbocycles. The fourth-order valence-electron chi connectivity index (χ4n) is 4.45. The van der Waals surface area contributed by atoms with Gasteiger partial charge in [0.25, 0.3) is 0 Å². The van der Waals surface area contributed by atoms with E-state index in [1.165, 1.54) is 114 Å². The molecule has 0 aromatic carbocycles. The molecule has 0 aliphatic rings. The minimum Gasteiger partial charge on any atom is -1.00 e. The first-order valence-electron chi connectivity index (χ1n) is 13.8. The van der Waals surface area contributed by atoms with Crippen LogP contribution in [0.4, 0.5) is 0 Å². The Morgan fingerprint density at radius 1 is 0.412 bits per heavy atom. The van der Waals surface area contributed by atoms with Crippen molar-refractivity contribution in [3.05, 3.63) is 49.1 Å². The monoisotopic (exact) mass is 692 g/mol. The summed E-state index contributed by atoms with van der Waals surface area (Å²) in [6.45, 7) is 6.86. The molecule has 194 valence electrons. The zero-order chi connectivity index (χ0) is 22.7. The van der Waals surface area contributed by atoms with E-state index in [2.05, 4.69) is 72.0 Å². The van der Waals surface area contributed by atoms with Crippen LogP contribution in [0.15, 0.2) is 49.1 Å². The first-order valence-corrected chi connectivity index (χ1v) is 13.8. The van der Waals surface area contributed by atoms with Gasteiger partial charge >= 0.3 is 0 Å². The highest BCUT2D eigenvalue weighted by Gasteiger charge is 2.06. The molecule has 0 amide bonds. The highest BCUT2D eigenvalue weighted by Crippen LogP contribution is 2.16. The third-order valence-electron chi connectivity index (χ3n) is 6.66. The summed E-state index contributed by atoms with van der Waals surface area (Å²) in [6.07, 6.45) is 31.1. The molecule has 0 saturated carbocycles. The molecule has 0 aliphatic heterocycles. The van der Waals surface area contributed by atoms with Gasteiger partial charge in [0.2, 0.25) is 0 Å². The highest BCUT2D eigenvalue weighted by atomic mass is 127. The van der Waals surface area contributed by atoms with Crippen LogP contribution in [0.5, 0.6) is 0 Å². The summed E-state index contributed by atoms with van der Waals surface area (Å²) < 4.78 is 4.68. The zero-order valence-electron chi connectivity index (χ0n) is 22.0. The topological polar surface area (TPSA) is 7.76 Å². The Hall–Kier alpha value is -0.240. The lowest BCUT2D eigenvalue weighted by Crippen LogP contribution is -3.00. The standard InChI is InChI=1S/C30H50N2.2HI/c1-3-5-7-9-11-13-15-17-23-31-25-19-29(20-26-31)30-21-27-32(28-22-30)24-18-16-14-12-10-8-6-4-2;;/h19-22,25-28H,3-18,23-24H2,1-2H3;2*1H/q+2;;/p-2. The first-order chi connectivity index (χ1) is 15.8. The van der Waals surface area contributed by atoms with E-state index in [1.54, 1.807) is 0 Å². The van der Waals surface area contributed by atoms with Crippen LogP contribution < -0.4 is 57.1 Å². The molecule has 0 unspecified atom stereocenters. The molecule has 34 heavy (non-hydrogen) atoms. The summed E-state index contributed by atoms with van der Waals surface area (Å²) in [5, 5.41) is 0. The molecular formula is C30H50I2N2. The van der Waals surface area contributed by atoms with E-state index in [4.69, 9.17) is 0 Å². The van der Waals surface area contributed by atoms with Gasteiger partial charge in [0.1, 0.15) is 13.1 Å². The Morgan fingerprint density at radius 2 is 0.676 bits per heavy atom. The van der Waals surface area contributed by atoms with Gasteiger partial charge in [-0.3, -0.25) is 0 Å². The molecule has 0 spiro atoms. The largest absolute Gasteiger partial charge is 1.00 e. The maximum absolute atomic E-state index is 2.34. The van der Waals surface area contributed by atoms with Gasteiger partial charge in [0, 0.05) is 37.1 Å². The maximum atomic E-state index is 2.34. The number of aryl methyl sites for hydroxylation is 2. The van der Waals surface area contributed by atoms with E-state index < -0.39 is 0 Å². The first kappa shape index (κ1) is 33.8. The summed E-state index contributed by atoms with van der Waals surface area (Å²) >= 11 is 0. The molecule has 2 aromatic rings. The number of pyridine rings is 2. The number of rotatable bonds is 19. The van der Waals surface area contributed by atoms with Crippen molar-refractivity contribution >= 4 is 0 Å². The Bertz CT molecular complexity index is 624. The number of aromatic nitrogens is 2. The number of hydrogen-bond acceptors (Lipinski definition) is 0. The molecule has 0 atom stereocenters. The molecule has 0 bridgehead atoms. The van der Waals surface area contributed by atoms with Crippen molar-refractivity contribution in [1.29, 1.82) is 0 Å². The van der Waals surface area contributed by atoms with Gasteiger partial charge in [-0.25, -0.2) is 9.13 Å². The molecule has 0 saturated heterocycles. The SMILES string of the molecule is CCCCCCCCCC[n+]1ccc(-c2cc[n+](CCCCCCCCCC)cc2)cc1.[I-].[I-]. The lowest BCUT2D eigenvalue weighted by atomic mass is 10.1. The van der Waals surface area contributed by atoms with Crippen molar-refractivity contribution in [2.24, 2.45) is 0 Å². The number of hydrogen-bond donors (Lipinski definition) is 0. The van der Waals surface area contributed by atoms with Crippen LogP contribution >= 0.6 is 0 Å². The predicted octanol–water partition coefficient (Wildman–Crippen LogP) is 2.22. The van der Waals surface area contributed by atoms with Crippen molar-refractivity contribution in [2.45, 2.75) is 130 Å². The minimum absolute atomic E-state index is 0. The van der Waals surface area contributed by atoms with E-state index in [0.29, 0.717) is 0 Å². The van der Waals surface area contributed by atoms with E-state index >= 15 is 0 Å². The quantitative estimate of drug-likeness (QED) is 0.121. The van der Waals surface area contributed by atoms with E-state index in [1.807, 2.05) is 0 Å². The van der Waals surface area contributed by atoms with E-state index in [0.717, 1.165) is 13.1 Å². The molecule has 0 fully saturated rings. The van der Waals surface area contributed by atoms with Crippen LogP contribution in [-0.4, -0.2) is 0 Å².